The van der Waals surface area contributed by atoms with Crippen LogP contribution < -0.4 is 15.4 Å². The molecule has 0 aliphatic rings. The van der Waals surface area contributed by atoms with Crippen molar-refractivity contribution < 1.29 is 4.74 Å². The molecule has 17 heavy (non-hydrogen) atoms. The van der Waals surface area contributed by atoms with Gasteiger partial charge in [-0.1, -0.05) is 26.7 Å². The second-order valence-electron chi connectivity index (χ2n) is 4.10. The highest BCUT2D eigenvalue weighted by Gasteiger charge is 2.17. The average molecular weight is 257 g/mol. The van der Waals surface area contributed by atoms with E-state index in [1.807, 2.05) is 0 Å². The van der Waals surface area contributed by atoms with Gasteiger partial charge in [0.1, 0.15) is 0 Å². The van der Waals surface area contributed by atoms with E-state index in [4.69, 9.17) is 10.5 Å². The number of anilines is 2. The maximum absolute atomic E-state index is 5.79. The van der Waals surface area contributed by atoms with Crippen LogP contribution >= 0.6 is 11.5 Å². The lowest BCUT2D eigenvalue weighted by atomic mass is 10.2. The molecule has 0 radical (unpaired) electrons. The van der Waals surface area contributed by atoms with Crippen LogP contribution in [0.4, 0.5) is 10.8 Å². The predicted octanol–water partition coefficient (Wildman–Crippen LogP) is 3.14. The van der Waals surface area contributed by atoms with Crippen LogP contribution in [0.2, 0.25) is 0 Å². The van der Waals surface area contributed by atoms with E-state index in [2.05, 4.69) is 23.1 Å². The van der Waals surface area contributed by atoms with Gasteiger partial charge in [-0.3, -0.25) is 0 Å². The number of hydrogen-bond acceptors (Lipinski definition) is 5. The molecule has 0 saturated carbocycles. The first kappa shape index (κ1) is 14.1. The summed E-state index contributed by atoms with van der Waals surface area (Å²) in [5, 5.41) is 1.08. The maximum atomic E-state index is 5.79. The molecule has 0 unspecified atom stereocenters. The SMILES string of the molecule is CCCCN(CCCC)c1snc(N)c1OC. The summed E-state index contributed by atoms with van der Waals surface area (Å²) in [6, 6.07) is 0. The van der Waals surface area contributed by atoms with Gasteiger partial charge in [-0.25, -0.2) is 0 Å². The summed E-state index contributed by atoms with van der Waals surface area (Å²) >= 11 is 1.44. The molecule has 0 aliphatic heterocycles. The Labute approximate surface area is 108 Å². The van der Waals surface area contributed by atoms with E-state index >= 15 is 0 Å². The van der Waals surface area contributed by atoms with Gasteiger partial charge in [-0.15, -0.1) is 0 Å². The highest BCUT2D eigenvalue weighted by atomic mass is 32.1. The molecule has 0 fully saturated rings. The number of nitrogens with two attached hydrogens (primary N) is 1. The topological polar surface area (TPSA) is 51.4 Å². The molecule has 1 aromatic rings. The van der Waals surface area contributed by atoms with Crippen molar-refractivity contribution in [3.8, 4) is 5.75 Å². The van der Waals surface area contributed by atoms with E-state index in [-0.39, 0.29) is 0 Å². The lowest BCUT2D eigenvalue weighted by Gasteiger charge is -2.23. The molecule has 2 N–H and O–H groups in total. The number of hydrogen-bond donors (Lipinski definition) is 1. The molecule has 0 aliphatic carbocycles. The van der Waals surface area contributed by atoms with Crippen molar-refractivity contribution in [2.24, 2.45) is 0 Å². The van der Waals surface area contributed by atoms with Gasteiger partial charge < -0.3 is 15.4 Å². The van der Waals surface area contributed by atoms with Crippen molar-refractivity contribution in [1.82, 2.24) is 4.37 Å². The van der Waals surface area contributed by atoms with Crippen molar-refractivity contribution in [2.45, 2.75) is 39.5 Å². The van der Waals surface area contributed by atoms with E-state index in [0.717, 1.165) is 23.8 Å². The molecule has 0 bridgehead atoms. The Balaban J connectivity index is 2.78. The molecule has 1 aromatic heterocycles. The van der Waals surface area contributed by atoms with Gasteiger partial charge in [0.15, 0.2) is 16.6 Å². The van der Waals surface area contributed by atoms with Crippen LogP contribution in [0, 0.1) is 0 Å². The summed E-state index contributed by atoms with van der Waals surface area (Å²) in [5.74, 6) is 1.24. The summed E-state index contributed by atoms with van der Waals surface area (Å²) < 4.78 is 9.52. The van der Waals surface area contributed by atoms with Crippen LogP contribution in [-0.2, 0) is 0 Å². The molecule has 98 valence electrons. The molecule has 5 heteroatoms. The maximum Gasteiger partial charge on any atom is 0.197 e. The molecular formula is C12H23N3OS. The second-order valence-corrected chi connectivity index (χ2v) is 4.85. The molecule has 0 atom stereocenters. The number of rotatable bonds is 8. The standard InChI is InChI=1S/C12H23N3OS/c1-4-6-8-15(9-7-5-2)12-10(16-3)11(13)14-17-12/h4-9H2,1-3H3,(H2,13,14). The minimum Gasteiger partial charge on any atom is -0.490 e. The Kier molecular flexibility index (Phi) is 6.11. The highest BCUT2D eigenvalue weighted by Crippen LogP contribution is 2.38. The first-order valence-electron chi connectivity index (χ1n) is 6.28. The third-order valence-corrected chi connectivity index (χ3v) is 3.62. The third kappa shape index (κ3) is 3.77. The molecule has 0 spiro atoms. The van der Waals surface area contributed by atoms with Gasteiger partial charge in [0.2, 0.25) is 0 Å². The summed E-state index contributed by atoms with van der Waals surface area (Å²) in [6.07, 6.45) is 4.76. The zero-order valence-electron chi connectivity index (χ0n) is 11.0. The summed E-state index contributed by atoms with van der Waals surface area (Å²) in [7, 11) is 1.65. The molecule has 0 amide bonds. The number of ether oxygens (including phenoxy) is 1. The first-order valence-corrected chi connectivity index (χ1v) is 7.06. The van der Waals surface area contributed by atoms with Crippen LogP contribution in [0.25, 0.3) is 0 Å². The van der Waals surface area contributed by atoms with Crippen LogP contribution in [0.15, 0.2) is 0 Å². The summed E-state index contributed by atoms with van der Waals surface area (Å²) in [6.45, 7) is 6.51. The zero-order valence-corrected chi connectivity index (χ0v) is 11.8. The van der Waals surface area contributed by atoms with Gasteiger partial charge in [0.25, 0.3) is 0 Å². The number of unbranched alkanes of at least 4 members (excludes halogenated alkanes) is 2. The van der Waals surface area contributed by atoms with E-state index in [9.17, 15) is 0 Å². The third-order valence-electron chi connectivity index (χ3n) is 2.71. The van der Waals surface area contributed by atoms with Gasteiger partial charge in [0, 0.05) is 13.1 Å². The normalized spacial score (nSPS) is 10.5. The Hall–Kier alpha value is -0.970. The van der Waals surface area contributed by atoms with E-state index in [1.165, 1.54) is 37.2 Å². The lowest BCUT2D eigenvalue weighted by molar-refractivity contribution is 0.417. The number of aromatic nitrogens is 1. The first-order chi connectivity index (χ1) is 8.24. The van der Waals surface area contributed by atoms with Crippen molar-refractivity contribution in [3.63, 3.8) is 0 Å². The molecule has 1 rings (SSSR count). The van der Waals surface area contributed by atoms with Crippen molar-refractivity contribution >= 4 is 22.4 Å². The fourth-order valence-corrected chi connectivity index (χ4v) is 2.53. The monoisotopic (exact) mass is 257 g/mol. The summed E-state index contributed by atoms with van der Waals surface area (Å²) in [4.78, 5) is 2.35. The van der Waals surface area contributed by atoms with E-state index in [0.29, 0.717) is 5.82 Å². The summed E-state index contributed by atoms with van der Waals surface area (Å²) in [5.41, 5.74) is 5.79. The van der Waals surface area contributed by atoms with Crippen LogP contribution in [0.5, 0.6) is 5.75 Å². The Morgan fingerprint density at radius 1 is 1.24 bits per heavy atom. The van der Waals surface area contributed by atoms with E-state index in [1.54, 1.807) is 7.11 Å². The Morgan fingerprint density at radius 3 is 2.29 bits per heavy atom. The molecule has 0 saturated heterocycles. The fourth-order valence-electron chi connectivity index (χ4n) is 1.69. The highest BCUT2D eigenvalue weighted by molar-refractivity contribution is 7.11. The quantitative estimate of drug-likeness (QED) is 0.777. The zero-order chi connectivity index (χ0) is 12.7. The van der Waals surface area contributed by atoms with Gasteiger partial charge >= 0.3 is 0 Å². The largest absolute Gasteiger partial charge is 0.490 e. The molecule has 0 aromatic carbocycles. The van der Waals surface area contributed by atoms with Crippen LogP contribution in [0.1, 0.15) is 39.5 Å². The average Bonchev–Trinajstić information content (AvgIpc) is 2.70. The number of nitrogen functional groups attached to an aromatic ring is 1. The lowest BCUT2D eigenvalue weighted by Crippen LogP contribution is -2.25. The minimum atomic E-state index is 0.505. The van der Waals surface area contributed by atoms with Crippen LogP contribution in [0.3, 0.4) is 0 Å². The van der Waals surface area contributed by atoms with Crippen molar-refractivity contribution in [3.05, 3.63) is 0 Å². The minimum absolute atomic E-state index is 0.505. The van der Waals surface area contributed by atoms with Crippen LogP contribution in [-0.4, -0.2) is 24.6 Å². The fraction of sp³-hybridized carbons (Fsp3) is 0.750. The predicted molar refractivity (Wildman–Crippen MR) is 75.1 cm³/mol. The van der Waals surface area contributed by atoms with Gasteiger partial charge in [0.05, 0.1) is 7.11 Å². The smallest absolute Gasteiger partial charge is 0.197 e. The van der Waals surface area contributed by atoms with E-state index < -0.39 is 0 Å². The van der Waals surface area contributed by atoms with Crippen molar-refractivity contribution in [1.29, 1.82) is 0 Å². The Morgan fingerprint density at radius 2 is 1.82 bits per heavy atom. The molecular weight excluding hydrogens is 234 g/mol. The second kappa shape index (κ2) is 7.37. The molecule has 4 nitrogen and oxygen atoms in total. The number of nitrogens with zero attached hydrogens (tertiary/aromatic N) is 2. The number of methoxy groups -OCH3 is 1. The van der Waals surface area contributed by atoms with Gasteiger partial charge in [-0.05, 0) is 24.4 Å². The Bertz CT molecular complexity index is 320. The van der Waals surface area contributed by atoms with Crippen molar-refractivity contribution in [2.75, 3.05) is 30.8 Å². The van der Waals surface area contributed by atoms with Gasteiger partial charge in [-0.2, -0.15) is 4.37 Å². The molecule has 1 heterocycles.